The molecule has 1 aromatic heterocycles. The predicted octanol–water partition coefficient (Wildman–Crippen LogP) is 3.20. The zero-order valence-electron chi connectivity index (χ0n) is 14.6. The van der Waals surface area contributed by atoms with Gasteiger partial charge in [-0.3, -0.25) is 9.59 Å². The molecular formula is C19H19ClN2O5. The molecule has 1 saturated heterocycles. The predicted molar refractivity (Wildman–Crippen MR) is 98.4 cm³/mol. The van der Waals surface area contributed by atoms with E-state index in [1.807, 2.05) is 0 Å². The second kappa shape index (κ2) is 7.52. The fourth-order valence-electron chi connectivity index (χ4n) is 3.31. The van der Waals surface area contributed by atoms with Crippen molar-refractivity contribution in [2.45, 2.75) is 12.8 Å². The van der Waals surface area contributed by atoms with Crippen LogP contribution < -0.4 is 14.8 Å². The third-order valence-electron chi connectivity index (χ3n) is 4.81. The van der Waals surface area contributed by atoms with Crippen molar-refractivity contribution in [2.24, 2.45) is 5.92 Å². The molecule has 1 aromatic carbocycles. The maximum atomic E-state index is 12.6. The molecule has 0 aliphatic carbocycles. The van der Waals surface area contributed by atoms with Gasteiger partial charge in [-0.2, -0.15) is 0 Å². The number of amides is 2. The molecule has 0 atom stereocenters. The Balaban J connectivity index is 1.37. The number of fused-ring (bicyclic) bond motifs is 1. The minimum absolute atomic E-state index is 0.0718. The quantitative estimate of drug-likeness (QED) is 0.870. The van der Waals surface area contributed by atoms with Gasteiger partial charge in [0.05, 0.1) is 22.5 Å². The molecule has 4 rings (SSSR count). The van der Waals surface area contributed by atoms with E-state index in [0.29, 0.717) is 66.9 Å². The van der Waals surface area contributed by atoms with Gasteiger partial charge in [-0.05, 0) is 18.9 Å². The van der Waals surface area contributed by atoms with Gasteiger partial charge in [0.2, 0.25) is 5.91 Å². The fourth-order valence-corrected chi connectivity index (χ4v) is 3.51. The first-order valence-electron chi connectivity index (χ1n) is 8.83. The zero-order chi connectivity index (χ0) is 18.8. The number of furan rings is 1. The number of anilines is 1. The summed E-state index contributed by atoms with van der Waals surface area (Å²) < 4.78 is 16.0. The summed E-state index contributed by atoms with van der Waals surface area (Å²) in [5.41, 5.74) is 1.03. The molecule has 0 unspecified atom stereocenters. The minimum atomic E-state index is -0.178. The summed E-state index contributed by atoms with van der Waals surface area (Å²) in [6, 6.07) is 4.98. The van der Waals surface area contributed by atoms with E-state index in [-0.39, 0.29) is 17.7 Å². The Morgan fingerprint density at radius 3 is 2.48 bits per heavy atom. The Kier molecular flexibility index (Phi) is 4.94. The standard InChI is InChI=1S/C19H19ClN2O5/c20-14-9-16-17(27-8-7-26-16)10-15(14)21-18(23)12-1-4-22(5-2-12)19(24)13-3-6-25-11-13/h3,6,9-12H,1-2,4-5,7-8H2,(H,21,23). The Morgan fingerprint density at radius 2 is 1.81 bits per heavy atom. The van der Waals surface area contributed by atoms with Crippen molar-refractivity contribution in [3.63, 3.8) is 0 Å². The lowest BCUT2D eigenvalue weighted by molar-refractivity contribution is -0.121. The number of benzene rings is 1. The summed E-state index contributed by atoms with van der Waals surface area (Å²) in [6.45, 7) is 1.99. The van der Waals surface area contributed by atoms with E-state index in [4.69, 9.17) is 25.5 Å². The topological polar surface area (TPSA) is 81.0 Å². The number of ether oxygens (including phenoxy) is 2. The SMILES string of the molecule is O=C(Nc1cc2c(cc1Cl)OCCO2)C1CCN(C(=O)c2ccoc2)CC1. The van der Waals surface area contributed by atoms with Crippen LogP contribution in [0.2, 0.25) is 5.02 Å². The maximum Gasteiger partial charge on any atom is 0.257 e. The normalized spacial score (nSPS) is 16.9. The summed E-state index contributed by atoms with van der Waals surface area (Å²) >= 11 is 6.25. The molecule has 1 N–H and O–H groups in total. The molecule has 0 saturated carbocycles. The maximum absolute atomic E-state index is 12.6. The summed E-state index contributed by atoms with van der Waals surface area (Å²) in [4.78, 5) is 26.7. The van der Waals surface area contributed by atoms with Gasteiger partial charge in [-0.15, -0.1) is 0 Å². The lowest BCUT2D eigenvalue weighted by Gasteiger charge is -2.31. The van der Waals surface area contributed by atoms with Gasteiger partial charge in [0.1, 0.15) is 19.5 Å². The largest absolute Gasteiger partial charge is 0.486 e. The van der Waals surface area contributed by atoms with Crippen molar-refractivity contribution >= 4 is 29.1 Å². The van der Waals surface area contributed by atoms with E-state index in [1.54, 1.807) is 23.1 Å². The average molecular weight is 391 g/mol. The van der Waals surface area contributed by atoms with Gasteiger partial charge < -0.3 is 24.1 Å². The first-order valence-corrected chi connectivity index (χ1v) is 9.21. The van der Waals surface area contributed by atoms with Gasteiger partial charge in [0.15, 0.2) is 11.5 Å². The van der Waals surface area contributed by atoms with Crippen molar-refractivity contribution in [1.82, 2.24) is 4.90 Å². The fraction of sp³-hybridized carbons (Fsp3) is 0.368. The van der Waals surface area contributed by atoms with Gasteiger partial charge in [-0.1, -0.05) is 11.6 Å². The lowest BCUT2D eigenvalue weighted by Crippen LogP contribution is -2.41. The van der Waals surface area contributed by atoms with Gasteiger partial charge in [0, 0.05) is 31.1 Å². The first kappa shape index (κ1) is 17.7. The monoisotopic (exact) mass is 390 g/mol. The molecule has 2 aliphatic heterocycles. The molecule has 7 nitrogen and oxygen atoms in total. The van der Waals surface area contributed by atoms with E-state index in [9.17, 15) is 9.59 Å². The summed E-state index contributed by atoms with van der Waals surface area (Å²) in [6.07, 6.45) is 4.10. The zero-order valence-corrected chi connectivity index (χ0v) is 15.3. The van der Waals surface area contributed by atoms with Gasteiger partial charge >= 0.3 is 0 Å². The number of halogens is 1. The van der Waals surface area contributed by atoms with Crippen molar-refractivity contribution in [3.05, 3.63) is 41.3 Å². The van der Waals surface area contributed by atoms with Crippen molar-refractivity contribution in [1.29, 1.82) is 0 Å². The molecule has 0 spiro atoms. The molecular weight excluding hydrogens is 372 g/mol. The van der Waals surface area contributed by atoms with Gasteiger partial charge in [0.25, 0.3) is 5.91 Å². The Morgan fingerprint density at radius 1 is 1.11 bits per heavy atom. The third-order valence-corrected chi connectivity index (χ3v) is 5.12. The van der Waals surface area contributed by atoms with Crippen LogP contribution in [0, 0.1) is 5.92 Å². The highest BCUT2D eigenvalue weighted by molar-refractivity contribution is 6.34. The molecule has 0 bridgehead atoms. The van der Waals surface area contributed by atoms with Crippen LogP contribution in [0.5, 0.6) is 11.5 Å². The van der Waals surface area contributed by atoms with E-state index in [1.165, 1.54) is 12.5 Å². The molecule has 2 aromatic rings. The van der Waals surface area contributed by atoms with E-state index >= 15 is 0 Å². The van der Waals surface area contributed by atoms with Crippen molar-refractivity contribution in [2.75, 3.05) is 31.6 Å². The number of likely N-dealkylation sites (tertiary alicyclic amines) is 1. The third kappa shape index (κ3) is 3.73. The molecule has 8 heteroatoms. The molecule has 2 aliphatic rings. The van der Waals surface area contributed by atoms with Crippen molar-refractivity contribution < 1.29 is 23.5 Å². The minimum Gasteiger partial charge on any atom is -0.486 e. The van der Waals surface area contributed by atoms with Crippen molar-refractivity contribution in [3.8, 4) is 11.5 Å². The highest BCUT2D eigenvalue weighted by atomic mass is 35.5. The number of hydrogen-bond acceptors (Lipinski definition) is 5. The second-order valence-electron chi connectivity index (χ2n) is 6.54. The van der Waals surface area contributed by atoms with Crippen LogP contribution in [0.15, 0.2) is 35.1 Å². The Hall–Kier alpha value is -2.67. The lowest BCUT2D eigenvalue weighted by atomic mass is 9.95. The molecule has 27 heavy (non-hydrogen) atoms. The van der Waals surface area contributed by atoms with Crippen LogP contribution in [0.1, 0.15) is 23.2 Å². The van der Waals surface area contributed by atoms with Crippen LogP contribution in [0.4, 0.5) is 5.69 Å². The molecule has 0 radical (unpaired) electrons. The van der Waals surface area contributed by atoms with Crippen LogP contribution >= 0.6 is 11.6 Å². The molecule has 2 amide bonds. The number of nitrogens with zero attached hydrogens (tertiary/aromatic N) is 1. The van der Waals surface area contributed by atoms with E-state index < -0.39 is 0 Å². The molecule has 1 fully saturated rings. The number of carbonyl (C=O) groups excluding carboxylic acids is 2. The number of nitrogens with one attached hydrogen (secondary N) is 1. The van der Waals surface area contributed by atoms with Crippen LogP contribution in [0.25, 0.3) is 0 Å². The van der Waals surface area contributed by atoms with E-state index in [2.05, 4.69) is 5.32 Å². The second-order valence-corrected chi connectivity index (χ2v) is 6.95. The average Bonchev–Trinajstić information content (AvgIpc) is 3.23. The van der Waals surface area contributed by atoms with Gasteiger partial charge in [-0.25, -0.2) is 0 Å². The number of piperidine rings is 1. The Bertz CT molecular complexity index is 844. The Labute approximate surface area is 161 Å². The summed E-state index contributed by atoms with van der Waals surface area (Å²) in [5.74, 6) is 0.793. The number of carbonyl (C=O) groups is 2. The number of rotatable bonds is 3. The highest BCUT2D eigenvalue weighted by Crippen LogP contribution is 2.38. The highest BCUT2D eigenvalue weighted by Gasteiger charge is 2.29. The van der Waals surface area contributed by atoms with E-state index in [0.717, 1.165) is 0 Å². The first-order chi connectivity index (χ1) is 13.1. The smallest absolute Gasteiger partial charge is 0.257 e. The molecule has 3 heterocycles. The van der Waals surface area contributed by atoms with Crippen LogP contribution in [-0.4, -0.2) is 43.0 Å². The van der Waals surface area contributed by atoms with Crippen LogP contribution in [-0.2, 0) is 4.79 Å². The molecule has 142 valence electrons. The summed E-state index contributed by atoms with van der Waals surface area (Å²) in [7, 11) is 0. The van der Waals surface area contributed by atoms with Crippen LogP contribution in [0.3, 0.4) is 0 Å². The number of hydrogen-bond donors (Lipinski definition) is 1. The summed E-state index contributed by atoms with van der Waals surface area (Å²) in [5, 5.41) is 3.28.